The molecule has 4 rings (SSSR count). The van der Waals surface area contributed by atoms with E-state index in [-0.39, 0.29) is 18.5 Å². The molecule has 37 heavy (non-hydrogen) atoms. The van der Waals surface area contributed by atoms with Crippen LogP contribution >= 0.6 is 0 Å². The van der Waals surface area contributed by atoms with Crippen molar-refractivity contribution in [1.82, 2.24) is 24.3 Å². The number of nitrogens with one attached hydrogen (secondary N) is 1. The largest absolute Gasteiger partial charge is 0.496 e. The Morgan fingerprint density at radius 2 is 1.92 bits per heavy atom. The standard InChI is InChI=1S/C26H38N8O3/c1-3-4-5-9-29-25-24-21(30-26(27)31-25)8-10-34(24)17-20-7-6-19(15-22(20)36-2)16-32-11-13-33(14-12-32)23(35)18-37-28/h6-8,10,15H,3-5,9,11-14,16-18,28H2,1-2H3,(H3,27,29,30,31). The Morgan fingerprint density at radius 1 is 1.11 bits per heavy atom. The minimum atomic E-state index is -0.0781. The molecule has 3 heterocycles. The number of nitrogen functional groups attached to an aromatic ring is 1. The summed E-state index contributed by atoms with van der Waals surface area (Å²) in [6.07, 6.45) is 5.42. The van der Waals surface area contributed by atoms with Gasteiger partial charge < -0.3 is 25.3 Å². The highest BCUT2D eigenvalue weighted by atomic mass is 16.6. The van der Waals surface area contributed by atoms with Gasteiger partial charge in [-0.25, -0.2) is 10.9 Å². The van der Waals surface area contributed by atoms with E-state index in [1.807, 2.05) is 12.3 Å². The molecule has 0 aliphatic carbocycles. The van der Waals surface area contributed by atoms with Crippen molar-refractivity contribution in [2.45, 2.75) is 39.3 Å². The molecule has 0 spiro atoms. The van der Waals surface area contributed by atoms with E-state index in [2.05, 4.69) is 54.7 Å². The molecule has 1 fully saturated rings. The third kappa shape index (κ3) is 6.68. The summed E-state index contributed by atoms with van der Waals surface area (Å²) in [5.41, 5.74) is 9.95. The van der Waals surface area contributed by atoms with Gasteiger partial charge in [0.2, 0.25) is 5.95 Å². The fourth-order valence-corrected chi connectivity index (χ4v) is 4.74. The summed E-state index contributed by atoms with van der Waals surface area (Å²) < 4.78 is 7.91. The van der Waals surface area contributed by atoms with Gasteiger partial charge in [0, 0.05) is 51.0 Å². The molecule has 5 N–H and O–H groups in total. The van der Waals surface area contributed by atoms with Crippen LogP contribution in [-0.2, 0) is 22.7 Å². The summed E-state index contributed by atoms with van der Waals surface area (Å²) in [6, 6.07) is 8.32. The van der Waals surface area contributed by atoms with E-state index in [1.165, 1.54) is 6.42 Å². The minimum absolute atomic E-state index is 0.0712. The Bertz CT molecular complexity index is 1190. The van der Waals surface area contributed by atoms with E-state index < -0.39 is 0 Å². The number of rotatable bonds is 12. The normalized spacial score (nSPS) is 14.3. The predicted molar refractivity (Wildman–Crippen MR) is 144 cm³/mol. The van der Waals surface area contributed by atoms with E-state index >= 15 is 0 Å². The first-order valence-electron chi connectivity index (χ1n) is 12.9. The monoisotopic (exact) mass is 510 g/mol. The second kappa shape index (κ2) is 12.7. The van der Waals surface area contributed by atoms with E-state index in [0.29, 0.717) is 19.6 Å². The van der Waals surface area contributed by atoms with Gasteiger partial charge >= 0.3 is 0 Å². The summed E-state index contributed by atoms with van der Waals surface area (Å²) in [4.78, 5) is 29.5. The molecule has 0 unspecified atom stereocenters. The van der Waals surface area contributed by atoms with Crippen molar-refractivity contribution in [2.75, 3.05) is 57.5 Å². The number of benzene rings is 1. The van der Waals surface area contributed by atoms with Gasteiger partial charge in [0.05, 0.1) is 19.2 Å². The van der Waals surface area contributed by atoms with Crippen molar-refractivity contribution in [2.24, 2.45) is 5.90 Å². The van der Waals surface area contributed by atoms with Crippen LogP contribution in [-0.4, -0.2) is 76.7 Å². The number of methoxy groups -OCH3 is 1. The van der Waals surface area contributed by atoms with Crippen LogP contribution in [0.4, 0.5) is 11.8 Å². The molecule has 11 nitrogen and oxygen atoms in total. The van der Waals surface area contributed by atoms with E-state index in [0.717, 1.165) is 72.7 Å². The van der Waals surface area contributed by atoms with Gasteiger partial charge in [-0.15, -0.1) is 0 Å². The number of hydrogen-bond acceptors (Lipinski definition) is 9. The zero-order valence-electron chi connectivity index (χ0n) is 21.8. The Morgan fingerprint density at radius 3 is 2.65 bits per heavy atom. The smallest absolute Gasteiger partial charge is 0.250 e. The van der Waals surface area contributed by atoms with Crippen LogP contribution < -0.4 is 21.7 Å². The molecule has 1 aliphatic rings. The number of anilines is 2. The minimum Gasteiger partial charge on any atom is -0.496 e. The summed E-state index contributed by atoms with van der Waals surface area (Å²) in [7, 11) is 1.70. The molecule has 1 aromatic carbocycles. The van der Waals surface area contributed by atoms with Gasteiger partial charge in [-0.1, -0.05) is 31.9 Å². The quantitative estimate of drug-likeness (QED) is 0.247. The Kier molecular flexibility index (Phi) is 9.15. The van der Waals surface area contributed by atoms with Crippen LogP contribution in [0.5, 0.6) is 5.75 Å². The summed E-state index contributed by atoms with van der Waals surface area (Å²) in [6.45, 7) is 7.29. The Labute approximate surface area is 217 Å². The highest BCUT2D eigenvalue weighted by Crippen LogP contribution is 2.27. The molecule has 0 radical (unpaired) electrons. The lowest BCUT2D eigenvalue weighted by atomic mass is 10.1. The average molecular weight is 511 g/mol. The maximum absolute atomic E-state index is 12.0. The fraction of sp³-hybridized carbons (Fsp3) is 0.500. The van der Waals surface area contributed by atoms with Gasteiger partial charge in [0.1, 0.15) is 17.9 Å². The number of piperazine rings is 1. The van der Waals surface area contributed by atoms with Crippen LogP contribution in [0, 0.1) is 0 Å². The van der Waals surface area contributed by atoms with Crippen molar-refractivity contribution in [1.29, 1.82) is 0 Å². The maximum Gasteiger partial charge on any atom is 0.250 e. The van der Waals surface area contributed by atoms with Crippen LogP contribution in [0.25, 0.3) is 11.0 Å². The highest BCUT2D eigenvalue weighted by molar-refractivity contribution is 5.87. The van der Waals surface area contributed by atoms with Gasteiger partial charge in [-0.2, -0.15) is 4.98 Å². The lowest BCUT2D eigenvalue weighted by Crippen LogP contribution is -2.49. The van der Waals surface area contributed by atoms with Crippen LogP contribution in [0.2, 0.25) is 0 Å². The first kappa shape index (κ1) is 26.6. The highest BCUT2D eigenvalue weighted by Gasteiger charge is 2.21. The second-order valence-corrected chi connectivity index (χ2v) is 9.36. The lowest BCUT2D eigenvalue weighted by molar-refractivity contribution is -0.138. The van der Waals surface area contributed by atoms with Crippen molar-refractivity contribution in [3.8, 4) is 5.75 Å². The van der Waals surface area contributed by atoms with Crippen LogP contribution in [0.1, 0.15) is 37.3 Å². The number of ether oxygens (including phenoxy) is 1. The van der Waals surface area contributed by atoms with Gasteiger partial charge in [0.15, 0.2) is 5.82 Å². The molecular weight excluding hydrogens is 472 g/mol. The molecule has 2 aromatic heterocycles. The number of fused-ring (bicyclic) bond motifs is 1. The number of hydrogen-bond donors (Lipinski definition) is 3. The molecule has 3 aromatic rings. The Balaban J connectivity index is 1.45. The second-order valence-electron chi connectivity index (χ2n) is 9.36. The van der Waals surface area contributed by atoms with Crippen LogP contribution in [0.15, 0.2) is 30.5 Å². The Hall–Kier alpha value is -3.41. The number of carbonyl (C=O) groups is 1. The molecule has 0 bridgehead atoms. The van der Waals surface area contributed by atoms with E-state index in [9.17, 15) is 4.79 Å². The van der Waals surface area contributed by atoms with E-state index in [4.69, 9.17) is 16.4 Å². The summed E-state index contributed by atoms with van der Waals surface area (Å²) in [5.74, 6) is 6.82. The summed E-state index contributed by atoms with van der Waals surface area (Å²) in [5, 5.41) is 3.45. The zero-order chi connectivity index (χ0) is 26.2. The maximum atomic E-state index is 12.0. The van der Waals surface area contributed by atoms with Gasteiger partial charge in [-0.05, 0) is 24.1 Å². The number of carbonyl (C=O) groups excluding carboxylic acids is 1. The molecule has 1 aliphatic heterocycles. The number of nitrogens with zero attached hydrogens (tertiary/aromatic N) is 5. The van der Waals surface area contributed by atoms with Gasteiger partial charge in [-0.3, -0.25) is 14.5 Å². The first-order chi connectivity index (χ1) is 18.0. The molecule has 11 heteroatoms. The lowest BCUT2D eigenvalue weighted by Gasteiger charge is -2.34. The molecule has 1 saturated heterocycles. The topological polar surface area (TPSA) is 137 Å². The summed E-state index contributed by atoms with van der Waals surface area (Å²) >= 11 is 0. The molecule has 0 saturated carbocycles. The number of aromatic nitrogens is 3. The number of amides is 1. The van der Waals surface area contributed by atoms with Crippen molar-refractivity contribution in [3.05, 3.63) is 41.6 Å². The van der Waals surface area contributed by atoms with Crippen molar-refractivity contribution in [3.63, 3.8) is 0 Å². The fourth-order valence-electron chi connectivity index (χ4n) is 4.74. The molecular formula is C26H38N8O3. The third-order valence-electron chi connectivity index (χ3n) is 6.73. The number of unbranched alkanes of at least 4 members (excludes halogenated alkanes) is 2. The van der Waals surface area contributed by atoms with Crippen molar-refractivity contribution < 1.29 is 14.4 Å². The van der Waals surface area contributed by atoms with Gasteiger partial charge in [0.25, 0.3) is 5.91 Å². The third-order valence-corrected chi connectivity index (χ3v) is 6.73. The molecule has 200 valence electrons. The average Bonchev–Trinajstić information content (AvgIpc) is 3.30. The van der Waals surface area contributed by atoms with Crippen molar-refractivity contribution >= 4 is 28.7 Å². The van der Waals surface area contributed by atoms with E-state index in [1.54, 1.807) is 12.0 Å². The molecule has 0 atom stereocenters. The number of nitrogens with two attached hydrogens (primary N) is 2. The SMILES string of the molecule is CCCCCNc1nc(N)nc2ccn(Cc3ccc(CN4CCN(C(=O)CON)CC4)cc3OC)c12. The zero-order valence-corrected chi connectivity index (χ0v) is 21.8. The predicted octanol–water partition coefficient (Wildman–Crippen LogP) is 2.21. The van der Waals surface area contributed by atoms with Crippen LogP contribution in [0.3, 0.4) is 0 Å². The first-order valence-corrected chi connectivity index (χ1v) is 12.9. The molecule has 1 amide bonds.